The highest BCUT2D eigenvalue weighted by molar-refractivity contribution is 14.2. The summed E-state index contributed by atoms with van der Waals surface area (Å²) in [5.41, 5.74) is 6.67. The zero-order chi connectivity index (χ0) is 8.44. The highest BCUT2D eigenvalue weighted by Crippen LogP contribution is 2.32. The average molecular weight is 298 g/mol. The van der Waals surface area contributed by atoms with Crippen LogP contribution in [0, 0.1) is 0 Å². The minimum atomic E-state index is 0.172. The maximum atomic E-state index is 5.32. The average Bonchev–Trinajstić information content (AvgIpc) is 2.50. The van der Waals surface area contributed by atoms with Gasteiger partial charge in [-0.05, 0) is 27.9 Å². The van der Waals surface area contributed by atoms with Crippen LogP contribution in [0.3, 0.4) is 0 Å². The molecule has 2 heterocycles. The van der Waals surface area contributed by atoms with Crippen molar-refractivity contribution >= 4 is 30.1 Å². The van der Waals surface area contributed by atoms with Gasteiger partial charge >= 0.3 is 0 Å². The van der Waals surface area contributed by atoms with E-state index in [1.807, 2.05) is 0 Å². The molecule has 0 aromatic rings. The molecule has 2 aliphatic rings. The summed E-state index contributed by atoms with van der Waals surface area (Å²) in [6, 6.07) is 0. The fourth-order valence-electron chi connectivity index (χ4n) is 1.56. The minimum Gasteiger partial charge on any atom is -0.381 e. The molecule has 1 saturated heterocycles. The number of nitrogens with one attached hydrogen (secondary N) is 2. The lowest BCUT2D eigenvalue weighted by Crippen LogP contribution is -2.48. The van der Waals surface area contributed by atoms with Gasteiger partial charge in [-0.2, -0.15) is 0 Å². The molecule has 2 rings (SSSR count). The second-order valence-electron chi connectivity index (χ2n) is 3.10. The lowest BCUT2D eigenvalue weighted by molar-refractivity contribution is 0.0560. The van der Waals surface area contributed by atoms with Crippen molar-refractivity contribution in [2.24, 2.45) is 0 Å². The standard InChI is InChI=1S/C7H11IN2OS/c8-12-6-5-7(10-9-6)1-3-11-4-2-7/h5,9-10H,1-4H2. The van der Waals surface area contributed by atoms with Crippen LogP contribution in [0.4, 0.5) is 0 Å². The molecule has 3 nitrogen and oxygen atoms in total. The monoisotopic (exact) mass is 298 g/mol. The summed E-state index contributed by atoms with van der Waals surface area (Å²) < 4.78 is 5.32. The first-order chi connectivity index (χ1) is 5.85. The van der Waals surface area contributed by atoms with Gasteiger partial charge in [0.15, 0.2) is 0 Å². The number of ether oxygens (including phenoxy) is 1. The van der Waals surface area contributed by atoms with Crippen LogP contribution in [0.2, 0.25) is 0 Å². The van der Waals surface area contributed by atoms with Gasteiger partial charge in [-0.3, -0.25) is 0 Å². The predicted octanol–water partition coefficient (Wildman–Crippen LogP) is 1.57. The molecule has 0 aliphatic carbocycles. The summed E-state index contributed by atoms with van der Waals surface area (Å²) in [6.07, 6.45) is 4.42. The third-order valence-corrected chi connectivity index (χ3v) is 4.12. The highest BCUT2D eigenvalue weighted by atomic mass is 127. The maximum absolute atomic E-state index is 5.32. The van der Waals surface area contributed by atoms with Crippen molar-refractivity contribution in [3.8, 4) is 0 Å². The predicted molar refractivity (Wildman–Crippen MR) is 58.7 cm³/mol. The smallest absolute Gasteiger partial charge is 0.0906 e. The SMILES string of the molecule is ISC1=CC2(CCOCC2)NN1. The minimum absolute atomic E-state index is 0.172. The van der Waals surface area contributed by atoms with Gasteiger partial charge in [-0.15, -0.1) is 0 Å². The molecule has 0 aromatic carbocycles. The zero-order valence-electron chi connectivity index (χ0n) is 6.60. The quantitative estimate of drug-likeness (QED) is 0.720. The van der Waals surface area contributed by atoms with Crippen molar-refractivity contribution in [1.29, 1.82) is 0 Å². The molecule has 1 spiro atoms. The Morgan fingerprint density at radius 1 is 1.50 bits per heavy atom. The van der Waals surface area contributed by atoms with E-state index in [1.54, 1.807) is 8.93 Å². The van der Waals surface area contributed by atoms with Crippen LogP contribution in [0.5, 0.6) is 0 Å². The largest absolute Gasteiger partial charge is 0.381 e. The Kier molecular flexibility index (Phi) is 2.83. The maximum Gasteiger partial charge on any atom is 0.0906 e. The van der Waals surface area contributed by atoms with Crippen LogP contribution in [-0.4, -0.2) is 18.8 Å². The molecule has 0 aromatic heterocycles. The second kappa shape index (κ2) is 3.73. The second-order valence-corrected chi connectivity index (χ2v) is 5.02. The van der Waals surface area contributed by atoms with E-state index in [4.69, 9.17) is 4.74 Å². The van der Waals surface area contributed by atoms with Crippen molar-refractivity contribution in [3.05, 3.63) is 11.1 Å². The highest BCUT2D eigenvalue weighted by Gasteiger charge is 2.34. The van der Waals surface area contributed by atoms with Crippen molar-refractivity contribution in [1.82, 2.24) is 10.9 Å². The number of rotatable bonds is 1. The fraction of sp³-hybridized carbons (Fsp3) is 0.714. The van der Waals surface area contributed by atoms with Crippen LogP contribution >= 0.6 is 30.1 Å². The molecule has 2 aliphatic heterocycles. The number of hydrogen-bond acceptors (Lipinski definition) is 4. The molecule has 0 bridgehead atoms. The van der Waals surface area contributed by atoms with E-state index in [0.717, 1.165) is 26.1 Å². The van der Waals surface area contributed by atoms with E-state index < -0.39 is 0 Å². The van der Waals surface area contributed by atoms with Gasteiger partial charge in [0, 0.05) is 34.4 Å². The third kappa shape index (κ3) is 1.73. The molecular formula is C7H11IN2OS. The van der Waals surface area contributed by atoms with Crippen LogP contribution in [0.15, 0.2) is 11.1 Å². The van der Waals surface area contributed by atoms with Crippen molar-refractivity contribution in [2.75, 3.05) is 13.2 Å². The van der Waals surface area contributed by atoms with Crippen LogP contribution in [-0.2, 0) is 4.74 Å². The molecule has 0 atom stereocenters. The van der Waals surface area contributed by atoms with Crippen molar-refractivity contribution in [2.45, 2.75) is 18.4 Å². The normalized spacial score (nSPS) is 26.9. The van der Waals surface area contributed by atoms with Gasteiger partial charge in [0.25, 0.3) is 0 Å². The Labute approximate surface area is 88.2 Å². The van der Waals surface area contributed by atoms with E-state index in [0.29, 0.717) is 0 Å². The lowest BCUT2D eigenvalue weighted by atomic mass is 9.92. The molecular weight excluding hydrogens is 287 g/mol. The van der Waals surface area contributed by atoms with Gasteiger partial charge in [-0.25, -0.2) is 5.43 Å². The molecule has 12 heavy (non-hydrogen) atoms. The Morgan fingerprint density at radius 3 is 2.83 bits per heavy atom. The van der Waals surface area contributed by atoms with E-state index in [9.17, 15) is 0 Å². The van der Waals surface area contributed by atoms with E-state index in [-0.39, 0.29) is 5.54 Å². The summed E-state index contributed by atoms with van der Waals surface area (Å²) in [7, 11) is 1.72. The van der Waals surface area contributed by atoms with Crippen molar-refractivity contribution in [3.63, 3.8) is 0 Å². The Morgan fingerprint density at radius 2 is 2.25 bits per heavy atom. The van der Waals surface area contributed by atoms with E-state index in [2.05, 4.69) is 38.1 Å². The van der Waals surface area contributed by atoms with E-state index >= 15 is 0 Å². The summed E-state index contributed by atoms with van der Waals surface area (Å²) in [4.78, 5) is 0. The summed E-state index contributed by atoms with van der Waals surface area (Å²) in [5, 5.41) is 1.22. The van der Waals surface area contributed by atoms with Gasteiger partial charge in [0.2, 0.25) is 0 Å². The molecule has 2 N–H and O–H groups in total. The van der Waals surface area contributed by atoms with Crippen LogP contribution in [0.25, 0.3) is 0 Å². The van der Waals surface area contributed by atoms with Crippen molar-refractivity contribution < 1.29 is 4.74 Å². The molecule has 0 saturated carbocycles. The third-order valence-electron chi connectivity index (χ3n) is 2.31. The number of hydrogen-bond donors (Lipinski definition) is 2. The molecule has 0 unspecified atom stereocenters. The van der Waals surface area contributed by atoms with Gasteiger partial charge < -0.3 is 10.2 Å². The number of hydrazine groups is 1. The fourth-order valence-corrected chi connectivity index (χ4v) is 2.63. The Bertz CT molecular complexity index is 204. The first-order valence-electron chi connectivity index (χ1n) is 3.97. The van der Waals surface area contributed by atoms with Gasteiger partial charge in [-0.1, -0.05) is 0 Å². The Hall–Kier alpha value is 0.540. The molecule has 1 fully saturated rings. The molecule has 0 amide bonds. The first-order valence-corrected chi connectivity index (χ1v) is 7.33. The lowest BCUT2D eigenvalue weighted by Gasteiger charge is -2.31. The van der Waals surface area contributed by atoms with Crippen LogP contribution < -0.4 is 10.9 Å². The molecule has 5 heteroatoms. The zero-order valence-corrected chi connectivity index (χ0v) is 9.57. The molecule has 0 radical (unpaired) electrons. The summed E-state index contributed by atoms with van der Waals surface area (Å²) >= 11 is 2.28. The van der Waals surface area contributed by atoms with E-state index in [1.165, 1.54) is 5.03 Å². The van der Waals surface area contributed by atoms with Gasteiger partial charge in [0.05, 0.1) is 10.6 Å². The summed E-state index contributed by atoms with van der Waals surface area (Å²) in [6.45, 7) is 1.73. The first kappa shape index (κ1) is 9.11. The number of halogens is 1. The van der Waals surface area contributed by atoms with Crippen LogP contribution in [0.1, 0.15) is 12.8 Å². The molecule has 68 valence electrons. The topological polar surface area (TPSA) is 33.3 Å². The Balaban J connectivity index is 2.06. The van der Waals surface area contributed by atoms with Gasteiger partial charge in [0.1, 0.15) is 0 Å². The summed E-state index contributed by atoms with van der Waals surface area (Å²) in [5.74, 6) is 0.